The Morgan fingerprint density at radius 3 is 2.31 bits per heavy atom. The molecule has 0 aromatic carbocycles. The van der Waals surface area contributed by atoms with Crippen LogP contribution < -0.4 is 22.1 Å². The van der Waals surface area contributed by atoms with Gasteiger partial charge in [0.15, 0.2) is 12.2 Å². The van der Waals surface area contributed by atoms with E-state index >= 15 is 0 Å². The molecule has 2 aliphatic heterocycles. The number of carbonyl (C=O) groups is 2. The van der Waals surface area contributed by atoms with E-state index in [1.165, 1.54) is 7.11 Å². The van der Waals surface area contributed by atoms with Crippen LogP contribution in [0.2, 0.25) is 0 Å². The second-order valence-corrected chi connectivity index (χ2v) is 14.4. The van der Waals surface area contributed by atoms with Gasteiger partial charge in [-0.1, -0.05) is 0 Å². The van der Waals surface area contributed by atoms with Gasteiger partial charge in [0.1, 0.15) is 36.0 Å². The number of nitrogens with zero attached hydrogens (tertiary/aromatic N) is 1. The zero-order valence-electron chi connectivity index (χ0n) is 27.7. The van der Waals surface area contributed by atoms with E-state index in [4.69, 9.17) is 25.7 Å². The summed E-state index contributed by atoms with van der Waals surface area (Å²) in [5, 5.41) is 69.9. The molecule has 16 heteroatoms. The molecule has 3 aliphatic carbocycles. The molecular formula is C32H55N5O11. The quantitative estimate of drug-likeness (QED) is 0.0786. The molecular weight excluding hydrogens is 630 g/mol. The molecule has 3 saturated carbocycles. The molecule has 0 aromatic rings. The second kappa shape index (κ2) is 16.0. The van der Waals surface area contributed by atoms with Crippen molar-refractivity contribution in [1.29, 1.82) is 0 Å². The highest BCUT2D eigenvalue weighted by molar-refractivity contribution is 6.01. The lowest BCUT2D eigenvalue weighted by Gasteiger charge is -2.55. The summed E-state index contributed by atoms with van der Waals surface area (Å²) >= 11 is 0. The van der Waals surface area contributed by atoms with Gasteiger partial charge in [0.2, 0.25) is 0 Å². The van der Waals surface area contributed by atoms with Crippen molar-refractivity contribution in [2.24, 2.45) is 63.8 Å². The van der Waals surface area contributed by atoms with Gasteiger partial charge in [-0.3, -0.25) is 14.6 Å². The number of fused-ring (bicyclic) bond motifs is 2. The van der Waals surface area contributed by atoms with Gasteiger partial charge in [-0.2, -0.15) is 0 Å². The molecule has 48 heavy (non-hydrogen) atoms. The summed E-state index contributed by atoms with van der Waals surface area (Å²) < 4.78 is 17.4. The lowest BCUT2D eigenvalue weighted by Crippen LogP contribution is -2.66. The number of ketones is 2. The first kappa shape index (κ1) is 37.4. The monoisotopic (exact) mass is 685 g/mol. The van der Waals surface area contributed by atoms with Crippen molar-refractivity contribution in [3.05, 3.63) is 0 Å². The normalized spacial score (nSPS) is 46.9. The maximum Gasteiger partial charge on any atom is 0.188 e. The molecule has 2 heterocycles. The highest BCUT2D eigenvalue weighted by atomic mass is 16.7. The SMILES string of the molecule is CN=C(N)NCC1C(CCC2CCC(N)NC2)CC2C(=O)C3C(CO)C(OC)CC(O[C@H]4O[C@H](CO)[C@@H](O)[C@H](O)[C@H]4O)C3C(=O)C2C1O. The van der Waals surface area contributed by atoms with Crippen molar-refractivity contribution in [3.63, 3.8) is 0 Å². The number of aliphatic imine (C=N–C) groups is 1. The van der Waals surface area contributed by atoms with Crippen LogP contribution in [0, 0.1) is 47.3 Å². The van der Waals surface area contributed by atoms with Crippen molar-refractivity contribution in [2.45, 2.75) is 93.7 Å². The average molecular weight is 686 g/mol. The summed E-state index contributed by atoms with van der Waals surface area (Å²) in [5.41, 5.74) is 12.0. The van der Waals surface area contributed by atoms with E-state index in [-0.39, 0.29) is 42.6 Å². The van der Waals surface area contributed by atoms with Crippen LogP contribution in [0.3, 0.4) is 0 Å². The number of aliphatic hydroxyl groups excluding tert-OH is 6. The third-order valence-corrected chi connectivity index (χ3v) is 11.9. The maximum atomic E-state index is 14.6. The van der Waals surface area contributed by atoms with Crippen molar-refractivity contribution in [3.8, 4) is 0 Å². The van der Waals surface area contributed by atoms with Crippen LogP contribution in [0.1, 0.15) is 38.5 Å². The van der Waals surface area contributed by atoms with E-state index in [9.17, 15) is 40.2 Å². The van der Waals surface area contributed by atoms with E-state index < -0.39 is 97.7 Å². The topological polar surface area (TPSA) is 272 Å². The Kier molecular flexibility index (Phi) is 12.5. The van der Waals surface area contributed by atoms with Crippen LogP contribution >= 0.6 is 0 Å². The van der Waals surface area contributed by atoms with Crippen LogP contribution in [0.25, 0.3) is 0 Å². The molecule has 274 valence electrons. The van der Waals surface area contributed by atoms with Gasteiger partial charge < -0.3 is 67.0 Å². The summed E-state index contributed by atoms with van der Waals surface area (Å²) in [6, 6.07) is 0. The van der Waals surface area contributed by atoms with Gasteiger partial charge >= 0.3 is 0 Å². The largest absolute Gasteiger partial charge is 0.396 e. The third kappa shape index (κ3) is 7.30. The Hall–Kier alpha value is -1.83. The molecule has 0 amide bonds. The standard InChI is InChI=1S/C32H55N5O11/c1-35-32(34)37-10-16-14(5-3-13-4-6-21(33)36-9-13)7-15-23(26(16)41)28(43)24-19(8-18(46-2)17(11-38)22(24)25(15)40)47-31-30(45)29(44)27(42)20(12-39)48-31/h13-24,26-27,29-31,36,38-39,41-42,44-45H,3-12,33H2,1-2H3,(H3,34,35,37)/t13?,14?,15?,16?,17?,18?,19?,20-,21?,22?,23?,24?,26?,27-,29+,30-,31+/m1/s1. The molecule has 12 unspecified atom stereocenters. The second-order valence-electron chi connectivity index (χ2n) is 14.4. The third-order valence-electron chi connectivity index (χ3n) is 11.9. The summed E-state index contributed by atoms with van der Waals surface area (Å²) in [6.07, 6.45) is -6.98. The lowest BCUT2D eigenvalue weighted by atomic mass is 9.51. The highest BCUT2D eigenvalue weighted by Gasteiger charge is 2.63. The summed E-state index contributed by atoms with van der Waals surface area (Å²) in [7, 11) is 2.98. The number of carbonyl (C=O) groups excluding carboxylic acids is 2. The minimum atomic E-state index is -1.72. The molecule has 12 N–H and O–H groups in total. The van der Waals surface area contributed by atoms with E-state index in [0.29, 0.717) is 12.3 Å². The minimum Gasteiger partial charge on any atom is -0.396 e. The van der Waals surface area contributed by atoms with Crippen LogP contribution in [0.4, 0.5) is 0 Å². The fourth-order valence-electron chi connectivity index (χ4n) is 9.14. The average Bonchev–Trinajstić information content (AvgIpc) is 3.09. The first-order valence-corrected chi connectivity index (χ1v) is 17.3. The molecule has 5 rings (SSSR count). The van der Waals surface area contributed by atoms with Crippen LogP contribution in [0.15, 0.2) is 4.99 Å². The molecule has 5 fully saturated rings. The number of piperidine rings is 1. The molecule has 17 atom stereocenters. The fourth-order valence-corrected chi connectivity index (χ4v) is 9.14. The summed E-state index contributed by atoms with van der Waals surface area (Å²) in [6.45, 7) is -0.0591. The predicted molar refractivity (Wildman–Crippen MR) is 170 cm³/mol. The van der Waals surface area contributed by atoms with E-state index in [1.807, 2.05) is 0 Å². The van der Waals surface area contributed by atoms with Crippen molar-refractivity contribution in [1.82, 2.24) is 10.6 Å². The number of rotatable bonds is 10. The number of nitrogens with one attached hydrogen (secondary N) is 2. The number of hydrogen-bond acceptors (Lipinski definition) is 14. The zero-order chi connectivity index (χ0) is 34.9. The van der Waals surface area contributed by atoms with Crippen LogP contribution in [-0.2, 0) is 23.8 Å². The number of hydrogen-bond donors (Lipinski definition) is 10. The highest BCUT2D eigenvalue weighted by Crippen LogP contribution is 2.53. The number of nitrogens with two attached hydrogens (primary N) is 2. The number of guanidine groups is 1. The Morgan fingerprint density at radius 1 is 0.938 bits per heavy atom. The number of ether oxygens (including phenoxy) is 3. The first-order chi connectivity index (χ1) is 22.9. The number of methoxy groups -OCH3 is 1. The Labute approximate surface area is 280 Å². The Morgan fingerprint density at radius 2 is 1.69 bits per heavy atom. The van der Waals surface area contributed by atoms with Gasteiger partial charge in [-0.15, -0.1) is 0 Å². The van der Waals surface area contributed by atoms with Gasteiger partial charge in [-0.25, -0.2) is 0 Å². The van der Waals surface area contributed by atoms with Gasteiger partial charge in [0, 0.05) is 57.4 Å². The molecule has 5 aliphatic rings. The fraction of sp³-hybridized carbons (Fsp3) is 0.906. The predicted octanol–water partition coefficient (Wildman–Crippen LogP) is -3.59. The van der Waals surface area contributed by atoms with Crippen LogP contribution in [-0.4, -0.2) is 144 Å². The van der Waals surface area contributed by atoms with Gasteiger partial charge in [-0.05, 0) is 50.5 Å². The van der Waals surface area contributed by atoms with Crippen LogP contribution in [0.5, 0.6) is 0 Å². The van der Waals surface area contributed by atoms with Crippen molar-refractivity contribution < 1.29 is 54.4 Å². The van der Waals surface area contributed by atoms with E-state index in [2.05, 4.69) is 15.6 Å². The van der Waals surface area contributed by atoms with Gasteiger partial charge in [0.05, 0.1) is 42.9 Å². The van der Waals surface area contributed by atoms with E-state index in [1.54, 1.807) is 7.05 Å². The minimum absolute atomic E-state index is 0.0232. The molecule has 2 saturated heterocycles. The summed E-state index contributed by atoms with van der Waals surface area (Å²) in [5.74, 6) is -5.25. The molecule has 0 aromatic heterocycles. The molecule has 0 radical (unpaired) electrons. The van der Waals surface area contributed by atoms with Crippen molar-refractivity contribution >= 4 is 17.5 Å². The Balaban J connectivity index is 1.43. The first-order valence-electron chi connectivity index (χ1n) is 17.3. The molecule has 0 bridgehead atoms. The lowest BCUT2D eigenvalue weighted by molar-refractivity contribution is -0.320. The smallest absolute Gasteiger partial charge is 0.188 e. The molecule has 0 spiro atoms. The molecule has 16 nitrogen and oxygen atoms in total. The maximum absolute atomic E-state index is 14.6. The Bertz CT molecular complexity index is 1140. The van der Waals surface area contributed by atoms with Gasteiger partial charge in [0.25, 0.3) is 0 Å². The zero-order valence-corrected chi connectivity index (χ0v) is 27.7. The number of aliphatic hydroxyl groups is 6. The number of Topliss-reactive ketones (excluding diaryl/α,β-unsaturated/α-hetero) is 2. The van der Waals surface area contributed by atoms with Crippen molar-refractivity contribution in [2.75, 3.05) is 40.5 Å². The summed E-state index contributed by atoms with van der Waals surface area (Å²) in [4.78, 5) is 33.2. The van der Waals surface area contributed by atoms with E-state index in [0.717, 1.165) is 32.2 Å².